The predicted octanol–water partition coefficient (Wildman–Crippen LogP) is 3.41. The number of carbonyl (C=O) groups excluding carboxylic acids is 2. The van der Waals surface area contributed by atoms with Crippen molar-refractivity contribution in [2.75, 3.05) is 26.2 Å². The number of benzene rings is 2. The van der Waals surface area contributed by atoms with Gasteiger partial charge < -0.3 is 14.4 Å². The lowest BCUT2D eigenvalue weighted by atomic mass is 10.2. The second-order valence-electron chi connectivity index (χ2n) is 7.21. The molecule has 3 aromatic rings. The van der Waals surface area contributed by atoms with Crippen LogP contribution in [0.15, 0.2) is 66.9 Å². The largest absolute Gasteiger partial charge is 0.347 e. The maximum Gasteiger partial charge on any atom is 0.253 e. The molecule has 5 heteroatoms. The van der Waals surface area contributed by atoms with Crippen molar-refractivity contribution in [2.45, 2.75) is 19.4 Å². The van der Waals surface area contributed by atoms with Crippen LogP contribution in [0.1, 0.15) is 23.2 Å². The third-order valence-electron chi connectivity index (χ3n) is 5.40. The minimum absolute atomic E-state index is 0.0497. The van der Waals surface area contributed by atoms with E-state index in [9.17, 15) is 9.59 Å². The van der Waals surface area contributed by atoms with Gasteiger partial charge in [-0.15, -0.1) is 0 Å². The lowest BCUT2D eigenvalue weighted by Gasteiger charge is -2.22. The summed E-state index contributed by atoms with van der Waals surface area (Å²) in [6.07, 6.45) is 3.34. The average Bonchev–Trinajstić information content (AvgIpc) is 2.99. The van der Waals surface area contributed by atoms with Gasteiger partial charge in [0.2, 0.25) is 5.91 Å². The first-order valence-electron chi connectivity index (χ1n) is 9.88. The van der Waals surface area contributed by atoms with E-state index in [-0.39, 0.29) is 11.8 Å². The monoisotopic (exact) mass is 375 g/mol. The van der Waals surface area contributed by atoms with Crippen molar-refractivity contribution in [3.8, 4) is 0 Å². The molecule has 0 unspecified atom stereocenters. The second-order valence-corrected chi connectivity index (χ2v) is 7.21. The highest BCUT2D eigenvalue weighted by Gasteiger charge is 2.22. The number of amides is 2. The summed E-state index contributed by atoms with van der Waals surface area (Å²) < 4.78 is 2.14. The quantitative estimate of drug-likeness (QED) is 0.702. The molecule has 1 aromatic heterocycles. The topological polar surface area (TPSA) is 45.6 Å². The summed E-state index contributed by atoms with van der Waals surface area (Å²) in [5, 5.41) is 1.19. The Morgan fingerprint density at radius 2 is 1.50 bits per heavy atom. The van der Waals surface area contributed by atoms with Gasteiger partial charge in [0.25, 0.3) is 5.91 Å². The average molecular weight is 375 g/mol. The van der Waals surface area contributed by atoms with Crippen molar-refractivity contribution in [1.29, 1.82) is 0 Å². The van der Waals surface area contributed by atoms with Gasteiger partial charge in [-0.3, -0.25) is 9.59 Å². The zero-order chi connectivity index (χ0) is 19.3. The molecular weight excluding hydrogens is 350 g/mol. The fourth-order valence-corrected chi connectivity index (χ4v) is 3.84. The molecule has 0 atom stereocenters. The maximum absolute atomic E-state index is 12.7. The normalized spacial score (nSPS) is 14.9. The zero-order valence-corrected chi connectivity index (χ0v) is 16.0. The first-order valence-corrected chi connectivity index (χ1v) is 9.88. The Kier molecular flexibility index (Phi) is 5.42. The molecule has 1 saturated heterocycles. The molecule has 0 saturated carbocycles. The lowest BCUT2D eigenvalue weighted by Crippen LogP contribution is -2.37. The minimum Gasteiger partial charge on any atom is -0.347 e. The molecule has 144 valence electrons. The molecule has 2 aromatic carbocycles. The molecule has 5 nitrogen and oxygen atoms in total. The van der Waals surface area contributed by atoms with Crippen molar-refractivity contribution in [1.82, 2.24) is 14.4 Å². The van der Waals surface area contributed by atoms with E-state index >= 15 is 0 Å². The number of rotatable bonds is 4. The number of nitrogens with zero attached hydrogens (tertiary/aromatic N) is 3. The van der Waals surface area contributed by atoms with Gasteiger partial charge >= 0.3 is 0 Å². The molecule has 0 aliphatic carbocycles. The standard InChI is InChI=1S/C23H25N3O2/c27-22(12-16-24-15-11-19-7-4-5-10-21(19)24)25-13-6-14-26(18-17-25)23(28)20-8-2-1-3-9-20/h1-5,7-11,15H,6,12-14,16-18H2. The van der Waals surface area contributed by atoms with Crippen molar-refractivity contribution in [3.63, 3.8) is 0 Å². The van der Waals surface area contributed by atoms with Gasteiger partial charge in [-0.25, -0.2) is 0 Å². The van der Waals surface area contributed by atoms with Crippen LogP contribution in [-0.2, 0) is 11.3 Å². The van der Waals surface area contributed by atoms with E-state index in [1.54, 1.807) is 0 Å². The van der Waals surface area contributed by atoms with Crippen molar-refractivity contribution >= 4 is 22.7 Å². The van der Waals surface area contributed by atoms with Crippen LogP contribution in [0.5, 0.6) is 0 Å². The molecule has 0 spiro atoms. The van der Waals surface area contributed by atoms with E-state index in [1.807, 2.05) is 58.5 Å². The number of hydrogen-bond donors (Lipinski definition) is 0. The van der Waals surface area contributed by atoms with Gasteiger partial charge in [0.05, 0.1) is 0 Å². The van der Waals surface area contributed by atoms with E-state index in [4.69, 9.17) is 0 Å². The summed E-state index contributed by atoms with van der Waals surface area (Å²) in [6, 6.07) is 19.7. The summed E-state index contributed by atoms with van der Waals surface area (Å²) in [7, 11) is 0. The number of carbonyl (C=O) groups is 2. The Morgan fingerprint density at radius 3 is 2.36 bits per heavy atom. The van der Waals surface area contributed by atoms with Gasteiger partial charge in [0.15, 0.2) is 0 Å². The van der Waals surface area contributed by atoms with Gasteiger partial charge in [-0.1, -0.05) is 36.4 Å². The van der Waals surface area contributed by atoms with Crippen molar-refractivity contribution in [2.24, 2.45) is 0 Å². The fraction of sp³-hybridized carbons (Fsp3) is 0.304. The number of fused-ring (bicyclic) bond motifs is 1. The number of para-hydroxylation sites is 1. The van der Waals surface area contributed by atoms with E-state index in [0.29, 0.717) is 44.7 Å². The molecule has 1 fully saturated rings. The van der Waals surface area contributed by atoms with Crippen LogP contribution in [0.4, 0.5) is 0 Å². The highest BCUT2D eigenvalue weighted by atomic mass is 16.2. The number of aromatic nitrogens is 1. The Bertz CT molecular complexity index is 964. The first-order chi connectivity index (χ1) is 13.7. The molecule has 0 bridgehead atoms. The van der Waals surface area contributed by atoms with Crippen LogP contribution in [0, 0.1) is 0 Å². The van der Waals surface area contributed by atoms with E-state index in [0.717, 1.165) is 11.9 Å². The Morgan fingerprint density at radius 1 is 0.786 bits per heavy atom. The molecule has 28 heavy (non-hydrogen) atoms. The number of hydrogen-bond acceptors (Lipinski definition) is 2. The summed E-state index contributed by atoms with van der Waals surface area (Å²) in [4.78, 5) is 29.2. The third kappa shape index (κ3) is 3.93. The van der Waals surface area contributed by atoms with Crippen LogP contribution in [0.3, 0.4) is 0 Å². The van der Waals surface area contributed by atoms with Gasteiger partial charge in [-0.2, -0.15) is 0 Å². The second kappa shape index (κ2) is 8.30. The molecule has 0 radical (unpaired) electrons. The molecule has 1 aliphatic heterocycles. The summed E-state index contributed by atoms with van der Waals surface area (Å²) >= 11 is 0. The molecule has 2 heterocycles. The zero-order valence-electron chi connectivity index (χ0n) is 16.0. The summed E-state index contributed by atoms with van der Waals surface area (Å²) in [5.74, 6) is 0.209. The Labute approximate surface area is 165 Å². The Balaban J connectivity index is 1.34. The molecule has 4 rings (SSSR count). The minimum atomic E-state index is 0.0497. The summed E-state index contributed by atoms with van der Waals surface area (Å²) in [6.45, 7) is 3.27. The van der Waals surface area contributed by atoms with E-state index < -0.39 is 0 Å². The highest BCUT2D eigenvalue weighted by Crippen LogP contribution is 2.16. The fourth-order valence-electron chi connectivity index (χ4n) is 3.84. The van der Waals surface area contributed by atoms with Gasteiger partial charge in [0, 0.05) is 56.4 Å². The number of aryl methyl sites for hydroxylation is 1. The van der Waals surface area contributed by atoms with E-state index in [2.05, 4.69) is 22.8 Å². The van der Waals surface area contributed by atoms with Crippen LogP contribution < -0.4 is 0 Å². The lowest BCUT2D eigenvalue weighted by molar-refractivity contribution is -0.131. The predicted molar refractivity (Wildman–Crippen MR) is 110 cm³/mol. The van der Waals surface area contributed by atoms with Crippen LogP contribution >= 0.6 is 0 Å². The SMILES string of the molecule is O=C(CCn1ccc2ccccc21)N1CCCN(C(=O)c2ccccc2)CC1. The van der Waals surface area contributed by atoms with Gasteiger partial charge in [-0.05, 0) is 36.1 Å². The van der Waals surface area contributed by atoms with Crippen LogP contribution in [0.2, 0.25) is 0 Å². The molecule has 0 N–H and O–H groups in total. The highest BCUT2D eigenvalue weighted by molar-refractivity contribution is 5.94. The smallest absolute Gasteiger partial charge is 0.253 e. The van der Waals surface area contributed by atoms with Crippen LogP contribution in [0.25, 0.3) is 10.9 Å². The third-order valence-corrected chi connectivity index (χ3v) is 5.40. The van der Waals surface area contributed by atoms with Crippen molar-refractivity contribution in [3.05, 3.63) is 72.4 Å². The summed E-state index contributed by atoms with van der Waals surface area (Å²) in [5.41, 5.74) is 1.87. The van der Waals surface area contributed by atoms with Gasteiger partial charge in [0.1, 0.15) is 0 Å². The Hall–Kier alpha value is -3.08. The first kappa shape index (κ1) is 18.3. The van der Waals surface area contributed by atoms with Crippen LogP contribution in [-0.4, -0.2) is 52.4 Å². The maximum atomic E-state index is 12.7. The van der Waals surface area contributed by atoms with Crippen molar-refractivity contribution < 1.29 is 9.59 Å². The van der Waals surface area contributed by atoms with E-state index in [1.165, 1.54) is 5.39 Å². The molecule has 2 amide bonds. The molecule has 1 aliphatic rings. The molecular formula is C23H25N3O2.